The first-order valence-electron chi connectivity index (χ1n) is 7.20. The fourth-order valence-electron chi connectivity index (χ4n) is 2.17. The molecular weight excluding hydrogens is 308 g/mol. The predicted octanol–water partition coefficient (Wildman–Crippen LogP) is 1.61. The highest BCUT2D eigenvalue weighted by molar-refractivity contribution is 8.01. The normalized spacial score (nSPS) is 19.5. The van der Waals surface area contributed by atoms with Gasteiger partial charge in [0.15, 0.2) is 15.7 Å². The van der Waals surface area contributed by atoms with E-state index in [9.17, 15) is 8.42 Å². The third-order valence-electron chi connectivity index (χ3n) is 3.37. The number of rotatable bonds is 6. The Bertz CT molecular complexity index is 565. The lowest BCUT2D eigenvalue weighted by Crippen LogP contribution is -2.48. The van der Waals surface area contributed by atoms with Crippen LogP contribution in [0.3, 0.4) is 0 Å². The van der Waals surface area contributed by atoms with E-state index in [2.05, 4.69) is 22.2 Å². The molecule has 1 aliphatic rings. The molecule has 0 radical (unpaired) electrons. The van der Waals surface area contributed by atoms with Crippen LogP contribution in [0.15, 0.2) is 12.4 Å². The van der Waals surface area contributed by atoms with Crippen molar-refractivity contribution >= 4 is 33.2 Å². The molecule has 1 aliphatic heterocycles. The van der Waals surface area contributed by atoms with Gasteiger partial charge >= 0.3 is 0 Å². The van der Waals surface area contributed by atoms with Crippen molar-refractivity contribution in [3.8, 4) is 0 Å². The summed E-state index contributed by atoms with van der Waals surface area (Å²) >= 11 is 1.68. The molecule has 21 heavy (non-hydrogen) atoms. The van der Waals surface area contributed by atoms with Crippen LogP contribution < -0.4 is 10.2 Å². The molecule has 6 nitrogen and oxygen atoms in total. The van der Waals surface area contributed by atoms with Crippen molar-refractivity contribution < 1.29 is 8.42 Å². The number of nitrogens with zero attached hydrogens (tertiary/aromatic N) is 3. The smallest absolute Gasteiger partial charge is 0.171 e. The molecule has 1 atom stereocenters. The lowest BCUT2D eigenvalue weighted by Gasteiger charge is -2.35. The lowest BCUT2D eigenvalue weighted by molar-refractivity contribution is 0.578. The third-order valence-corrected chi connectivity index (χ3v) is 6.66. The number of nitrogens with one attached hydrogen (secondary N) is 1. The van der Waals surface area contributed by atoms with Gasteiger partial charge in [-0.05, 0) is 6.42 Å². The van der Waals surface area contributed by atoms with Crippen molar-refractivity contribution in [1.29, 1.82) is 0 Å². The average molecular weight is 330 g/mol. The van der Waals surface area contributed by atoms with E-state index < -0.39 is 15.2 Å². The molecule has 1 fully saturated rings. The number of hydrogen-bond donors (Lipinski definition) is 1. The van der Waals surface area contributed by atoms with Gasteiger partial charge in [-0.3, -0.25) is 4.98 Å². The van der Waals surface area contributed by atoms with Crippen LogP contribution in [0.4, 0.5) is 11.6 Å². The molecule has 0 spiro atoms. The Morgan fingerprint density at radius 2 is 2.24 bits per heavy atom. The minimum Gasteiger partial charge on any atom is -0.369 e. The molecular formula is C13H22N4O2S2. The van der Waals surface area contributed by atoms with Gasteiger partial charge in [-0.25, -0.2) is 13.4 Å². The Morgan fingerprint density at radius 1 is 1.43 bits per heavy atom. The monoisotopic (exact) mass is 330 g/mol. The molecule has 1 saturated heterocycles. The molecule has 0 saturated carbocycles. The average Bonchev–Trinajstić information content (AvgIpc) is 2.53. The van der Waals surface area contributed by atoms with Gasteiger partial charge in [-0.1, -0.05) is 13.8 Å². The van der Waals surface area contributed by atoms with Crippen molar-refractivity contribution in [3.05, 3.63) is 12.4 Å². The minimum absolute atomic E-state index is 0.149. The van der Waals surface area contributed by atoms with E-state index in [0.29, 0.717) is 23.9 Å². The van der Waals surface area contributed by atoms with Crippen molar-refractivity contribution in [2.24, 2.45) is 0 Å². The van der Waals surface area contributed by atoms with E-state index in [-0.39, 0.29) is 5.75 Å². The van der Waals surface area contributed by atoms with Crippen LogP contribution in [0, 0.1) is 0 Å². The van der Waals surface area contributed by atoms with Gasteiger partial charge in [0.05, 0.1) is 12.4 Å². The Morgan fingerprint density at radius 3 is 2.95 bits per heavy atom. The van der Waals surface area contributed by atoms with Crippen LogP contribution in [-0.2, 0) is 9.84 Å². The van der Waals surface area contributed by atoms with E-state index in [4.69, 9.17) is 0 Å². The number of thioether (sulfide) groups is 1. The van der Waals surface area contributed by atoms with Gasteiger partial charge in [-0.15, -0.1) is 0 Å². The summed E-state index contributed by atoms with van der Waals surface area (Å²) in [6.45, 7) is 5.28. The maximum atomic E-state index is 12.3. The summed E-state index contributed by atoms with van der Waals surface area (Å²) in [6.07, 6.45) is 4.31. The second kappa shape index (κ2) is 7.31. The summed E-state index contributed by atoms with van der Waals surface area (Å²) < 4.78 is 24.6. The Balaban J connectivity index is 2.25. The van der Waals surface area contributed by atoms with Crippen molar-refractivity contribution in [2.45, 2.75) is 25.6 Å². The molecule has 0 aliphatic carbocycles. The van der Waals surface area contributed by atoms with E-state index in [0.717, 1.165) is 18.7 Å². The number of aromatic nitrogens is 2. The largest absolute Gasteiger partial charge is 0.369 e. The highest BCUT2D eigenvalue weighted by Gasteiger charge is 2.33. The van der Waals surface area contributed by atoms with Gasteiger partial charge in [0.25, 0.3) is 0 Å². The summed E-state index contributed by atoms with van der Waals surface area (Å²) in [5, 5.41) is 2.68. The zero-order valence-electron chi connectivity index (χ0n) is 12.4. The predicted molar refractivity (Wildman–Crippen MR) is 88.7 cm³/mol. The molecule has 0 amide bonds. The maximum Gasteiger partial charge on any atom is 0.171 e. The summed E-state index contributed by atoms with van der Waals surface area (Å²) in [4.78, 5) is 10.6. The minimum atomic E-state index is -3.13. The number of sulfone groups is 1. The zero-order valence-corrected chi connectivity index (χ0v) is 14.1. The summed E-state index contributed by atoms with van der Waals surface area (Å²) in [6, 6.07) is 0. The van der Waals surface area contributed by atoms with Crippen LogP contribution in [-0.4, -0.2) is 54.1 Å². The number of anilines is 2. The van der Waals surface area contributed by atoms with Gasteiger partial charge in [0, 0.05) is 30.3 Å². The molecule has 1 unspecified atom stereocenters. The Hall–Kier alpha value is -1.02. The van der Waals surface area contributed by atoms with Gasteiger partial charge in [-0.2, -0.15) is 11.8 Å². The highest BCUT2D eigenvalue weighted by Crippen LogP contribution is 2.26. The van der Waals surface area contributed by atoms with Crippen LogP contribution in [0.1, 0.15) is 20.3 Å². The molecule has 1 aromatic rings. The first-order chi connectivity index (χ1) is 10.1. The topological polar surface area (TPSA) is 75.2 Å². The molecule has 2 heterocycles. The van der Waals surface area contributed by atoms with Crippen molar-refractivity contribution in [1.82, 2.24) is 9.97 Å². The quantitative estimate of drug-likeness (QED) is 0.849. The summed E-state index contributed by atoms with van der Waals surface area (Å²) in [7, 11) is -3.13. The van der Waals surface area contributed by atoms with Crippen molar-refractivity contribution in [2.75, 3.05) is 40.6 Å². The van der Waals surface area contributed by atoms with Crippen LogP contribution >= 0.6 is 11.8 Å². The molecule has 2 rings (SSSR count). The summed E-state index contributed by atoms with van der Waals surface area (Å²) in [5.41, 5.74) is 0. The standard InChI is InChI=1S/C13H22N4O2S2/c1-3-5-15-11-8-14-9-12(16-11)17-6-7-20-10-13(17)21(18,19)4-2/h8-9,13H,3-7,10H2,1-2H3,(H,15,16). The van der Waals surface area contributed by atoms with Crippen LogP contribution in [0.2, 0.25) is 0 Å². The zero-order chi connectivity index (χ0) is 15.3. The molecule has 1 aromatic heterocycles. The Kier molecular flexibility index (Phi) is 5.69. The fourth-order valence-corrected chi connectivity index (χ4v) is 5.14. The SMILES string of the molecule is CCCNc1cncc(N2CCSCC2S(=O)(=O)CC)n1. The maximum absolute atomic E-state index is 12.3. The number of hydrogen-bond acceptors (Lipinski definition) is 7. The first-order valence-corrected chi connectivity index (χ1v) is 10.1. The fraction of sp³-hybridized carbons (Fsp3) is 0.692. The lowest BCUT2D eigenvalue weighted by atomic mass is 10.4. The van der Waals surface area contributed by atoms with E-state index in [1.165, 1.54) is 0 Å². The first kappa shape index (κ1) is 16.4. The van der Waals surface area contributed by atoms with Crippen molar-refractivity contribution in [3.63, 3.8) is 0 Å². The second-order valence-electron chi connectivity index (χ2n) is 4.86. The van der Waals surface area contributed by atoms with E-state index >= 15 is 0 Å². The second-order valence-corrected chi connectivity index (χ2v) is 8.46. The van der Waals surface area contributed by atoms with E-state index in [1.54, 1.807) is 31.1 Å². The molecule has 1 N–H and O–H groups in total. The highest BCUT2D eigenvalue weighted by atomic mass is 32.2. The third kappa shape index (κ3) is 4.00. The van der Waals surface area contributed by atoms with Gasteiger partial charge in [0.2, 0.25) is 0 Å². The van der Waals surface area contributed by atoms with E-state index in [1.807, 2.05) is 4.90 Å². The van der Waals surface area contributed by atoms with Gasteiger partial charge in [0.1, 0.15) is 11.2 Å². The molecule has 8 heteroatoms. The van der Waals surface area contributed by atoms with Gasteiger partial charge < -0.3 is 10.2 Å². The Labute approximate surface area is 130 Å². The van der Waals surface area contributed by atoms with Crippen LogP contribution in [0.5, 0.6) is 0 Å². The molecule has 118 valence electrons. The summed E-state index contributed by atoms with van der Waals surface area (Å²) in [5.74, 6) is 2.98. The van der Waals surface area contributed by atoms with Crippen LogP contribution in [0.25, 0.3) is 0 Å². The molecule has 0 bridgehead atoms. The molecule has 0 aromatic carbocycles.